The summed E-state index contributed by atoms with van der Waals surface area (Å²) in [5.74, 6) is -2.96. The molecule has 2 aliphatic rings. The summed E-state index contributed by atoms with van der Waals surface area (Å²) in [6.45, 7) is -0.712. The highest BCUT2D eigenvalue weighted by atomic mass is 19.4. The Kier molecular flexibility index (Phi) is 6.23. The van der Waals surface area contributed by atoms with E-state index in [1.165, 1.54) is 30.3 Å². The SMILES string of the molecule is O=C(COC(=O)c1ccc(N2C(=O)[C@H]3CC=CC[C@@H]3C2=O)cc1)Nc1cccc(C(F)(F)F)c1. The van der Waals surface area contributed by atoms with Crippen LogP contribution in [0.15, 0.2) is 60.7 Å². The fraction of sp³-hybridized carbons (Fsp3) is 0.250. The number of ether oxygens (including phenoxy) is 1. The van der Waals surface area contributed by atoms with E-state index in [-0.39, 0.29) is 34.9 Å². The predicted octanol–water partition coefficient (Wildman–Crippen LogP) is 3.96. The molecule has 2 aromatic carbocycles. The lowest BCUT2D eigenvalue weighted by Gasteiger charge is -2.15. The van der Waals surface area contributed by atoms with Gasteiger partial charge in [-0.3, -0.25) is 19.3 Å². The van der Waals surface area contributed by atoms with Gasteiger partial charge in [0.25, 0.3) is 5.91 Å². The minimum absolute atomic E-state index is 0.0776. The summed E-state index contributed by atoms with van der Waals surface area (Å²) in [6, 6.07) is 9.68. The van der Waals surface area contributed by atoms with Gasteiger partial charge >= 0.3 is 12.1 Å². The number of nitrogens with zero attached hydrogens (tertiary/aromatic N) is 1. The first-order valence-corrected chi connectivity index (χ1v) is 10.4. The number of allylic oxidation sites excluding steroid dienone is 2. The van der Waals surface area contributed by atoms with Crippen molar-refractivity contribution in [3.63, 3.8) is 0 Å². The number of esters is 1. The lowest BCUT2D eigenvalue weighted by Crippen LogP contribution is -2.30. The molecule has 4 rings (SSSR count). The molecule has 0 saturated carbocycles. The number of alkyl halides is 3. The van der Waals surface area contributed by atoms with Crippen LogP contribution in [0, 0.1) is 11.8 Å². The maximum Gasteiger partial charge on any atom is 0.416 e. The Morgan fingerprint density at radius 3 is 2.18 bits per heavy atom. The second-order valence-electron chi connectivity index (χ2n) is 7.92. The second-order valence-corrected chi connectivity index (χ2v) is 7.92. The first kappa shape index (κ1) is 23.2. The molecule has 0 aromatic heterocycles. The summed E-state index contributed by atoms with van der Waals surface area (Å²) in [4.78, 5) is 50.6. The van der Waals surface area contributed by atoms with Gasteiger partial charge in [-0.05, 0) is 55.3 Å². The van der Waals surface area contributed by atoms with Crippen LogP contribution < -0.4 is 10.2 Å². The van der Waals surface area contributed by atoms with Crippen LogP contribution in [0.4, 0.5) is 24.5 Å². The number of hydrogen-bond acceptors (Lipinski definition) is 5. The van der Waals surface area contributed by atoms with Crippen molar-refractivity contribution in [3.05, 3.63) is 71.8 Å². The van der Waals surface area contributed by atoms with Gasteiger partial charge in [0, 0.05) is 5.69 Å². The van der Waals surface area contributed by atoms with Gasteiger partial charge in [-0.25, -0.2) is 4.79 Å². The molecule has 1 N–H and O–H groups in total. The average molecular weight is 472 g/mol. The first-order valence-electron chi connectivity index (χ1n) is 10.4. The van der Waals surface area contributed by atoms with E-state index >= 15 is 0 Å². The van der Waals surface area contributed by atoms with Gasteiger partial charge in [0.1, 0.15) is 0 Å². The number of hydrogen-bond donors (Lipinski definition) is 1. The minimum Gasteiger partial charge on any atom is -0.452 e. The van der Waals surface area contributed by atoms with Crippen LogP contribution in [-0.2, 0) is 25.3 Å². The fourth-order valence-electron chi connectivity index (χ4n) is 3.99. The normalized spacial score (nSPS) is 19.7. The summed E-state index contributed by atoms with van der Waals surface area (Å²) in [7, 11) is 0. The fourth-order valence-corrected chi connectivity index (χ4v) is 3.99. The number of imide groups is 1. The zero-order valence-corrected chi connectivity index (χ0v) is 17.7. The van der Waals surface area contributed by atoms with Gasteiger partial charge < -0.3 is 10.1 Å². The Balaban J connectivity index is 1.34. The van der Waals surface area contributed by atoms with Gasteiger partial charge in [-0.2, -0.15) is 13.2 Å². The van der Waals surface area contributed by atoms with E-state index in [0.29, 0.717) is 18.5 Å². The van der Waals surface area contributed by atoms with Crippen molar-refractivity contribution in [2.45, 2.75) is 19.0 Å². The maximum atomic E-state index is 12.8. The van der Waals surface area contributed by atoms with Crippen LogP contribution in [-0.4, -0.2) is 30.3 Å². The quantitative estimate of drug-likeness (QED) is 0.404. The summed E-state index contributed by atoms with van der Waals surface area (Å²) < 4.78 is 43.2. The Bertz CT molecular complexity index is 1150. The van der Waals surface area contributed by atoms with E-state index in [0.717, 1.165) is 23.1 Å². The summed E-state index contributed by atoms with van der Waals surface area (Å²) >= 11 is 0. The Hall–Kier alpha value is -3.95. The highest BCUT2D eigenvalue weighted by molar-refractivity contribution is 6.22. The monoisotopic (exact) mass is 472 g/mol. The Morgan fingerprint density at radius 1 is 0.971 bits per heavy atom. The minimum atomic E-state index is -4.56. The summed E-state index contributed by atoms with van der Waals surface area (Å²) in [6.07, 6.45) is 0.242. The molecule has 0 bridgehead atoms. The number of halogens is 3. The molecule has 1 heterocycles. The van der Waals surface area contributed by atoms with Crippen LogP contribution in [0.2, 0.25) is 0 Å². The zero-order chi connectivity index (χ0) is 24.5. The molecular formula is C24H19F3N2O5. The van der Waals surface area contributed by atoms with Gasteiger partial charge in [0.15, 0.2) is 6.61 Å². The van der Waals surface area contributed by atoms with Crippen molar-refractivity contribution in [2.75, 3.05) is 16.8 Å². The number of carbonyl (C=O) groups excluding carboxylic acids is 4. The van der Waals surface area contributed by atoms with Crippen molar-refractivity contribution in [1.82, 2.24) is 0 Å². The molecular weight excluding hydrogens is 453 g/mol. The van der Waals surface area contributed by atoms with Crippen LogP contribution in [0.1, 0.15) is 28.8 Å². The Morgan fingerprint density at radius 2 is 1.59 bits per heavy atom. The number of rotatable bonds is 5. The predicted molar refractivity (Wildman–Crippen MR) is 115 cm³/mol. The number of anilines is 2. The standard InChI is InChI=1S/C24H19F3N2O5/c25-24(26,27)15-4-3-5-16(12-15)28-20(30)13-34-23(33)14-8-10-17(11-9-14)29-21(31)18-6-1-2-7-19(18)22(29)32/h1-5,8-12,18-19H,6-7,13H2,(H,28,30)/t18-,19-/m0/s1. The van der Waals surface area contributed by atoms with Crippen molar-refractivity contribution in [3.8, 4) is 0 Å². The highest BCUT2D eigenvalue weighted by Gasteiger charge is 2.47. The van der Waals surface area contributed by atoms with Gasteiger partial charge in [-0.1, -0.05) is 18.2 Å². The smallest absolute Gasteiger partial charge is 0.416 e. The third kappa shape index (κ3) is 4.70. The number of nitrogens with one attached hydrogen (secondary N) is 1. The van der Waals surface area contributed by atoms with Crippen LogP contribution in [0.25, 0.3) is 0 Å². The lowest BCUT2D eigenvalue weighted by molar-refractivity contribution is -0.137. The Labute approximate surface area is 192 Å². The first-order chi connectivity index (χ1) is 16.1. The number of fused-ring (bicyclic) bond motifs is 1. The molecule has 1 aliphatic carbocycles. The van der Waals surface area contributed by atoms with E-state index < -0.39 is 30.2 Å². The average Bonchev–Trinajstić information content (AvgIpc) is 3.07. The van der Waals surface area contributed by atoms with E-state index in [1.54, 1.807) is 0 Å². The van der Waals surface area contributed by atoms with E-state index in [1.807, 2.05) is 12.2 Å². The molecule has 10 heteroatoms. The van der Waals surface area contributed by atoms with E-state index in [2.05, 4.69) is 5.32 Å². The maximum absolute atomic E-state index is 12.8. The highest BCUT2D eigenvalue weighted by Crippen LogP contribution is 2.37. The number of benzene rings is 2. The molecule has 0 unspecified atom stereocenters. The molecule has 2 aromatic rings. The third-order valence-corrected chi connectivity index (χ3v) is 5.68. The van der Waals surface area contributed by atoms with Gasteiger partial charge in [0.05, 0.1) is 28.7 Å². The van der Waals surface area contributed by atoms with Crippen LogP contribution in [0.3, 0.4) is 0 Å². The van der Waals surface area contributed by atoms with Crippen molar-refractivity contribution < 1.29 is 37.1 Å². The molecule has 3 amide bonds. The molecule has 7 nitrogen and oxygen atoms in total. The molecule has 34 heavy (non-hydrogen) atoms. The van der Waals surface area contributed by atoms with E-state index in [9.17, 15) is 32.3 Å². The molecule has 1 aliphatic heterocycles. The molecule has 176 valence electrons. The lowest BCUT2D eigenvalue weighted by atomic mass is 9.85. The number of amides is 3. The number of carbonyl (C=O) groups is 4. The van der Waals surface area contributed by atoms with Crippen LogP contribution in [0.5, 0.6) is 0 Å². The largest absolute Gasteiger partial charge is 0.452 e. The van der Waals surface area contributed by atoms with Crippen molar-refractivity contribution in [2.24, 2.45) is 11.8 Å². The summed E-state index contributed by atoms with van der Waals surface area (Å²) in [5.41, 5.74) is -0.596. The summed E-state index contributed by atoms with van der Waals surface area (Å²) in [5, 5.41) is 2.24. The zero-order valence-electron chi connectivity index (χ0n) is 17.7. The van der Waals surface area contributed by atoms with E-state index in [4.69, 9.17) is 4.74 Å². The topological polar surface area (TPSA) is 92.8 Å². The molecule has 2 atom stereocenters. The molecule has 0 radical (unpaired) electrons. The second kappa shape index (κ2) is 9.12. The molecule has 1 saturated heterocycles. The third-order valence-electron chi connectivity index (χ3n) is 5.68. The van der Waals surface area contributed by atoms with Gasteiger partial charge in [0.2, 0.25) is 11.8 Å². The van der Waals surface area contributed by atoms with Crippen LogP contribution >= 0.6 is 0 Å². The van der Waals surface area contributed by atoms with Crippen molar-refractivity contribution in [1.29, 1.82) is 0 Å². The molecule has 0 spiro atoms. The van der Waals surface area contributed by atoms with Gasteiger partial charge in [-0.15, -0.1) is 0 Å². The van der Waals surface area contributed by atoms with Crippen molar-refractivity contribution >= 4 is 35.1 Å². The molecule has 1 fully saturated rings.